The minimum atomic E-state index is -3.46. The van der Waals surface area contributed by atoms with Crippen molar-refractivity contribution in [3.05, 3.63) is 12.5 Å². The normalized spacial score (nSPS) is 12.2. The van der Waals surface area contributed by atoms with Gasteiger partial charge in [-0.05, 0) is 13.8 Å². The molecular formula is C8H15N3O3S. The Hall–Kier alpha value is -0.920. The van der Waals surface area contributed by atoms with Gasteiger partial charge in [-0.15, -0.1) is 0 Å². The van der Waals surface area contributed by atoms with Crippen LogP contribution in [-0.4, -0.2) is 37.6 Å². The summed E-state index contributed by atoms with van der Waals surface area (Å²) >= 11 is 0. The quantitative estimate of drug-likeness (QED) is 0.683. The van der Waals surface area contributed by atoms with Crippen molar-refractivity contribution in [1.29, 1.82) is 0 Å². The number of aromatic amines is 1. The first-order valence-electron chi connectivity index (χ1n) is 4.62. The van der Waals surface area contributed by atoms with Gasteiger partial charge in [-0.3, -0.25) is 0 Å². The fourth-order valence-electron chi connectivity index (χ4n) is 0.938. The number of hydrogen-bond donors (Lipinski definition) is 2. The molecule has 1 heterocycles. The minimum absolute atomic E-state index is 0.0621. The largest absolute Gasteiger partial charge is 0.377 e. The number of sulfonamides is 1. The van der Waals surface area contributed by atoms with E-state index >= 15 is 0 Å². The highest BCUT2D eigenvalue weighted by Crippen LogP contribution is 2.00. The van der Waals surface area contributed by atoms with Crippen LogP contribution in [0.1, 0.15) is 13.8 Å². The van der Waals surface area contributed by atoms with Gasteiger partial charge in [-0.1, -0.05) is 0 Å². The highest BCUT2D eigenvalue weighted by atomic mass is 32.2. The molecule has 0 unspecified atom stereocenters. The van der Waals surface area contributed by atoms with Crippen LogP contribution in [0.3, 0.4) is 0 Å². The molecule has 0 spiro atoms. The summed E-state index contributed by atoms with van der Waals surface area (Å²) in [6.45, 7) is 4.39. The Morgan fingerprint density at radius 1 is 1.60 bits per heavy atom. The highest BCUT2D eigenvalue weighted by molar-refractivity contribution is 7.89. The molecule has 0 aromatic carbocycles. The first-order chi connectivity index (χ1) is 7.02. The van der Waals surface area contributed by atoms with Gasteiger partial charge in [0.25, 0.3) is 10.0 Å². The van der Waals surface area contributed by atoms with E-state index in [1.807, 2.05) is 13.8 Å². The molecule has 2 N–H and O–H groups in total. The van der Waals surface area contributed by atoms with Crippen LogP contribution >= 0.6 is 0 Å². The predicted octanol–water partition coefficient (Wildman–Crippen LogP) is 0.113. The maximum absolute atomic E-state index is 11.5. The van der Waals surface area contributed by atoms with Crippen molar-refractivity contribution >= 4 is 10.0 Å². The zero-order valence-corrected chi connectivity index (χ0v) is 9.54. The number of nitrogens with zero attached hydrogens (tertiary/aromatic N) is 1. The molecule has 0 amide bonds. The molecule has 6 nitrogen and oxygen atoms in total. The third kappa shape index (κ3) is 3.98. The second-order valence-corrected chi connectivity index (χ2v) is 4.97. The fraction of sp³-hybridized carbons (Fsp3) is 0.625. The Morgan fingerprint density at radius 3 is 2.87 bits per heavy atom. The standard InChI is InChI=1S/C8H15N3O3S/c1-7(2)14-4-3-11-15(12,13)8-5-9-6-10-8/h5-7,11H,3-4H2,1-2H3,(H,9,10). The molecule has 0 bridgehead atoms. The molecule has 0 aliphatic rings. The third-order valence-electron chi connectivity index (χ3n) is 1.61. The van der Waals surface area contributed by atoms with Crippen LogP contribution in [0.2, 0.25) is 0 Å². The molecule has 0 aliphatic heterocycles. The first kappa shape index (κ1) is 12.2. The van der Waals surface area contributed by atoms with Crippen molar-refractivity contribution in [3.8, 4) is 0 Å². The molecule has 0 saturated heterocycles. The minimum Gasteiger partial charge on any atom is -0.377 e. The lowest BCUT2D eigenvalue weighted by Gasteiger charge is -2.08. The highest BCUT2D eigenvalue weighted by Gasteiger charge is 2.14. The average molecular weight is 233 g/mol. The van der Waals surface area contributed by atoms with E-state index in [1.165, 1.54) is 12.5 Å². The van der Waals surface area contributed by atoms with Crippen LogP contribution < -0.4 is 4.72 Å². The Kier molecular flexibility index (Phi) is 4.25. The molecule has 1 aromatic heterocycles. The molecule has 1 aromatic rings. The number of hydrogen-bond acceptors (Lipinski definition) is 4. The van der Waals surface area contributed by atoms with Crippen LogP contribution in [0.25, 0.3) is 0 Å². The van der Waals surface area contributed by atoms with Gasteiger partial charge < -0.3 is 9.72 Å². The number of imidazole rings is 1. The Morgan fingerprint density at radius 2 is 2.33 bits per heavy atom. The van der Waals surface area contributed by atoms with E-state index < -0.39 is 10.0 Å². The number of ether oxygens (including phenoxy) is 1. The van der Waals surface area contributed by atoms with Gasteiger partial charge in [-0.2, -0.15) is 0 Å². The van der Waals surface area contributed by atoms with Gasteiger partial charge in [0, 0.05) is 6.54 Å². The lowest BCUT2D eigenvalue weighted by Crippen LogP contribution is -2.28. The topological polar surface area (TPSA) is 84.1 Å². The number of nitrogens with one attached hydrogen (secondary N) is 2. The zero-order valence-electron chi connectivity index (χ0n) is 8.73. The monoisotopic (exact) mass is 233 g/mol. The SMILES string of the molecule is CC(C)OCCNS(=O)(=O)c1cnc[nH]1. The zero-order chi connectivity index (χ0) is 11.3. The van der Waals surface area contributed by atoms with E-state index in [0.29, 0.717) is 6.61 Å². The number of H-pyrrole nitrogens is 1. The summed E-state index contributed by atoms with van der Waals surface area (Å²) in [6, 6.07) is 0. The summed E-state index contributed by atoms with van der Waals surface area (Å²) in [5.74, 6) is 0. The van der Waals surface area contributed by atoms with Gasteiger partial charge in [0.2, 0.25) is 0 Å². The van der Waals surface area contributed by atoms with E-state index in [4.69, 9.17) is 4.74 Å². The molecule has 0 atom stereocenters. The van der Waals surface area contributed by atoms with Crippen molar-refractivity contribution in [1.82, 2.24) is 14.7 Å². The van der Waals surface area contributed by atoms with E-state index in [2.05, 4.69) is 14.7 Å². The van der Waals surface area contributed by atoms with Crippen LogP contribution in [0.4, 0.5) is 0 Å². The van der Waals surface area contributed by atoms with Crippen LogP contribution in [0, 0.1) is 0 Å². The molecule has 0 aliphatic carbocycles. The summed E-state index contributed by atoms with van der Waals surface area (Å²) in [5.41, 5.74) is 0. The van der Waals surface area contributed by atoms with Crippen molar-refractivity contribution in [2.45, 2.75) is 25.0 Å². The van der Waals surface area contributed by atoms with Crippen molar-refractivity contribution in [2.75, 3.05) is 13.2 Å². The summed E-state index contributed by atoms with van der Waals surface area (Å²) < 4.78 is 30.6. The van der Waals surface area contributed by atoms with Gasteiger partial charge in [0.15, 0.2) is 5.03 Å². The van der Waals surface area contributed by atoms with Gasteiger partial charge in [0.05, 0.1) is 25.2 Å². The number of aromatic nitrogens is 2. The Labute approximate surface area is 89.1 Å². The summed E-state index contributed by atoms with van der Waals surface area (Å²) in [7, 11) is -3.46. The molecule has 86 valence electrons. The predicted molar refractivity (Wildman–Crippen MR) is 54.9 cm³/mol. The Bertz CT molecular complexity index is 372. The van der Waals surface area contributed by atoms with Crippen molar-refractivity contribution in [3.63, 3.8) is 0 Å². The Balaban J connectivity index is 2.39. The molecule has 15 heavy (non-hydrogen) atoms. The van der Waals surface area contributed by atoms with E-state index in [1.54, 1.807) is 0 Å². The van der Waals surface area contributed by atoms with E-state index in [0.717, 1.165) is 0 Å². The molecule has 0 fully saturated rings. The maximum atomic E-state index is 11.5. The van der Waals surface area contributed by atoms with Gasteiger partial charge in [-0.25, -0.2) is 18.1 Å². The maximum Gasteiger partial charge on any atom is 0.257 e. The van der Waals surface area contributed by atoms with E-state index in [-0.39, 0.29) is 17.7 Å². The molecule has 7 heteroatoms. The lowest BCUT2D eigenvalue weighted by atomic mass is 10.5. The van der Waals surface area contributed by atoms with Gasteiger partial charge >= 0.3 is 0 Å². The third-order valence-corrected chi connectivity index (χ3v) is 2.99. The second-order valence-electron chi connectivity index (χ2n) is 3.23. The van der Waals surface area contributed by atoms with E-state index in [9.17, 15) is 8.42 Å². The molecule has 0 saturated carbocycles. The second kappa shape index (κ2) is 5.24. The van der Waals surface area contributed by atoms with Gasteiger partial charge in [0.1, 0.15) is 0 Å². The summed E-state index contributed by atoms with van der Waals surface area (Å²) in [4.78, 5) is 6.16. The van der Waals surface area contributed by atoms with Crippen molar-refractivity contribution < 1.29 is 13.2 Å². The molecular weight excluding hydrogens is 218 g/mol. The average Bonchev–Trinajstić information content (AvgIpc) is 2.65. The first-order valence-corrected chi connectivity index (χ1v) is 6.10. The molecule has 0 radical (unpaired) electrons. The summed E-state index contributed by atoms with van der Waals surface area (Å²) in [5, 5.41) is 0.0621. The summed E-state index contributed by atoms with van der Waals surface area (Å²) in [6.07, 6.45) is 2.67. The van der Waals surface area contributed by atoms with Crippen LogP contribution in [0.5, 0.6) is 0 Å². The fourth-order valence-corrected chi connectivity index (χ4v) is 1.85. The number of rotatable bonds is 6. The smallest absolute Gasteiger partial charge is 0.257 e. The van der Waals surface area contributed by atoms with Crippen LogP contribution in [-0.2, 0) is 14.8 Å². The van der Waals surface area contributed by atoms with Crippen LogP contribution in [0.15, 0.2) is 17.6 Å². The molecule has 1 rings (SSSR count). The lowest BCUT2D eigenvalue weighted by molar-refractivity contribution is 0.0834. The van der Waals surface area contributed by atoms with Crippen molar-refractivity contribution in [2.24, 2.45) is 0 Å².